The van der Waals surface area contributed by atoms with Crippen molar-refractivity contribution in [3.05, 3.63) is 29.8 Å². The van der Waals surface area contributed by atoms with E-state index in [1.807, 2.05) is 0 Å². The molecule has 0 aromatic heterocycles. The Labute approximate surface area is 173 Å². The predicted molar refractivity (Wildman–Crippen MR) is 110 cm³/mol. The summed E-state index contributed by atoms with van der Waals surface area (Å²) in [7, 11) is -3.43. The second-order valence-corrected chi connectivity index (χ2v) is 9.33. The number of nitrogens with two attached hydrogens (primary N) is 1. The van der Waals surface area contributed by atoms with Gasteiger partial charge in [-0.25, -0.2) is 8.42 Å². The van der Waals surface area contributed by atoms with Crippen molar-refractivity contribution in [3.63, 3.8) is 0 Å². The number of piperidine rings is 1. The molecule has 2 aliphatic rings. The summed E-state index contributed by atoms with van der Waals surface area (Å²) in [5.74, 6) is -0.0571. The van der Waals surface area contributed by atoms with Gasteiger partial charge in [0.1, 0.15) is 0 Å². The molecule has 9 heteroatoms. The number of amides is 1. The number of halogens is 1. The van der Waals surface area contributed by atoms with Gasteiger partial charge in [0.05, 0.1) is 10.3 Å². The fraction of sp³-hybridized carbons (Fsp3) is 0.632. The normalized spacial score (nSPS) is 20.2. The highest BCUT2D eigenvalue weighted by atomic mass is 35.5. The average Bonchev–Trinajstić information content (AvgIpc) is 2.73. The Morgan fingerprint density at radius 2 is 1.71 bits per heavy atom. The molecule has 2 saturated heterocycles. The lowest BCUT2D eigenvalue weighted by Crippen LogP contribution is -2.48. The second-order valence-electron chi connectivity index (χ2n) is 7.39. The molecule has 1 amide bonds. The van der Waals surface area contributed by atoms with E-state index in [0.717, 1.165) is 24.8 Å². The molecule has 0 aliphatic carbocycles. The van der Waals surface area contributed by atoms with Crippen molar-refractivity contribution in [1.29, 1.82) is 0 Å². The van der Waals surface area contributed by atoms with Crippen LogP contribution in [0.3, 0.4) is 0 Å². The molecule has 2 fully saturated rings. The van der Waals surface area contributed by atoms with Crippen molar-refractivity contribution in [2.75, 3.05) is 32.8 Å². The summed E-state index contributed by atoms with van der Waals surface area (Å²) in [6.45, 7) is 2.93. The SMILES string of the molecule is Cl.NCC1(C(=O)NCc2ccc(S(=O)(=O)N3CCCCC3)cc2)CCOCC1. The van der Waals surface area contributed by atoms with Gasteiger partial charge in [-0.05, 0) is 43.4 Å². The van der Waals surface area contributed by atoms with Gasteiger partial charge in [0.2, 0.25) is 15.9 Å². The van der Waals surface area contributed by atoms with Gasteiger partial charge in [-0.3, -0.25) is 4.79 Å². The molecule has 0 spiro atoms. The number of carbonyl (C=O) groups is 1. The maximum Gasteiger partial charge on any atom is 0.243 e. The van der Waals surface area contributed by atoms with Crippen LogP contribution < -0.4 is 11.1 Å². The summed E-state index contributed by atoms with van der Waals surface area (Å²) < 4.78 is 32.3. The minimum absolute atomic E-state index is 0. The number of ether oxygens (including phenoxy) is 1. The molecule has 0 atom stereocenters. The van der Waals surface area contributed by atoms with Crippen LogP contribution in [0.25, 0.3) is 0 Å². The largest absolute Gasteiger partial charge is 0.381 e. The third-order valence-corrected chi connectivity index (χ3v) is 7.56. The van der Waals surface area contributed by atoms with Crippen LogP contribution in [0.4, 0.5) is 0 Å². The van der Waals surface area contributed by atoms with Crippen molar-refractivity contribution in [1.82, 2.24) is 9.62 Å². The lowest BCUT2D eigenvalue weighted by atomic mass is 9.79. The van der Waals surface area contributed by atoms with Crippen LogP contribution in [0.5, 0.6) is 0 Å². The zero-order valence-electron chi connectivity index (χ0n) is 16.1. The van der Waals surface area contributed by atoms with Crippen molar-refractivity contribution < 1.29 is 17.9 Å². The molecule has 0 saturated carbocycles. The molecule has 0 bridgehead atoms. The van der Waals surface area contributed by atoms with Crippen LogP contribution in [0.2, 0.25) is 0 Å². The first-order valence-corrected chi connectivity index (χ1v) is 11.1. The number of carbonyl (C=O) groups excluding carboxylic acids is 1. The molecule has 1 aromatic carbocycles. The standard InChI is InChI=1S/C19H29N3O4S.ClH/c20-15-19(8-12-26-13-9-19)18(23)21-14-16-4-6-17(7-5-16)27(24,25)22-10-2-1-3-11-22;/h4-7H,1-3,8-15,20H2,(H,21,23);1H. The first-order valence-electron chi connectivity index (χ1n) is 9.63. The molecule has 158 valence electrons. The lowest BCUT2D eigenvalue weighted by molar-refractivity contribution is -0.136. The van der Waals surface area contributed by atoms with E-state index in [1.54, 1.807) is 28.6 Å². The van der Waals surface area contributed by atoms with Gasteiger partial charge in [-0.2, -0.15) is 4.31 Å². The van der Waals surface area contributed by atoms with Crippen molar-refractivity contribution in [2.24, 2.45) is 11.1 Å². The maximum atomic E-state index is 12.7. The number of sulfonamides is 1. The van der Waals surface area contributed by atoms with Crippen LogP contribution in [-0.2, 0) is 26.1 Å². The van der Waals surface area contributed by atoms with Crippen LogP contribution in [0.1, 0.15) is 37.7 Å². The number of hydrogen-bond acceptors (Lipinski definition) is 5. The Bertz CT molecular complexity index is 743. The Balaban J connectivity index is 0.00000280. The Kier molecular flexibility index (Phi) is 8.27. The second kappa shape index (κ2) is 10.0. The van der Waals surface area contributed by atoms with E-state index >= 15 is 0 Å². The van der Waals surface area contributed by atoms with Gasteiger partial charge in [0, 0.05) is 39.4 Å². The van der Waals surface area contributed by atoms with Gasteiger partial charge in [0.15, 0.2) is 0 Å². The molecule has 0 unspecified atom stereocenters. The number of benzene rings is 1. The molecular formula is C19H30ClN3O4S. The summed E-state index contributed by atoms with van der Waals surface area (Å²) in [4.78, 5) is 12.9. The first-order chi connectivity index (χ1) is 13.0. The van der Waals surface area contributed by atoms with Gasteiger partial charge < -0.3 is 15.8 Å². The predicted octanol–water partition coefficient (Wildman–Crippen LogP) is 1.65. The van der Waals surface area contributed by atoms with Crippen molar-refractivity contribution >= 4 is 28.3 Å². The van der Waals surface area contributed by atoms with Crippen LogP contribution in [0, 0.1) is 5.41 Å². The molecule has 2 heterocycles. The molecule has 0 radical (unpaired) electrons. The van der Waals surface area contributed by atoms with Crippen molar-refractivity contribution in [3.8, 4) is 0 Å². The highest BCUT2D eigenvalue weighted by molar-refractivity contribution is 7.89. The minimum atomic E-state index is -3.43. The average molecular weight is 432 g/mol. The van der Waals surface area contributed by atoms with E-state index in [1.165, 1.54) is 0 Å². The summed E-state index contributed by atoms with van der Waals surface area (Å²) >= 11 is 0. The van der Waals surface area contributed by atoms with Crippen LogP contribution >= 0.6 is 12.4 Å². The number of hydrogen-bond donors (Lipinski definition) is 2. The number of nitrogens with zero attached hydrogens (tertiary/aromatic N) is 1. The monoisotopic (exact) mass is 431 g/mol. The quantitative estimate of drug-likeness (QED) is 0.713. The minimum Gasteiger partial charge on any atom is -0.381 e. The molecule has 2 aliphatic heterocycles. The smallest absolute Gasteiger partial charge is 0.243 e. The van der Waals surface area contributed by atoms with Crippen molar-refractivity contribution in [2.45, 2.75) is 43.5 Å². The van der Waals surface area contributed by atoms with Crippen LogP contribution in [0.15, 0.2) is 29.2 Å². The highest BCUT2D eigenvalue weighted by Gasteiger charge is 2.38. The first kappa shape index (κ1) is 23.1. The Hall–Kier alpha value is -1.19. The number of rotatable bonds is 6. The Morgan fingerprint density at radius 1 is 1.11 bits per heavy atom. The third kappa shape index (κ3) is 5.04. The zero-order valence-corrected chi connectivity index (χ0v) is 17.7. The van der Waals surface area contributed by atoms with E-state index in [4.69, 9.17) is 10.5 Å². The summed E-state index contributed by atoms with van der Waals surface area (Å²) in [6.07, 6.45) is 4.17. The molecule has 7 nitrogen and oxygen atoms in total. The van der Waals surface area contributed by atoms with E-state index in [0.29, 0.717) is 57.1 Å². The van der Waals surface area contributed by atoms with E-state index < -0.39 is 15.4 Å². The fourth-order valence-electron chi connectivity index (χ4n) is 3.69. The summed E-state index contributed by atoms with van der Waals surface area (Å²) in [5, 5.41) is 2.95. The van der Waals surface area contributed by atoms with Crippen LogP contribution in [-0.4, -0.2) is 51.5 Å². The molecule has 1 aromatic rings. The van der Waals surface area contributed by atoms with E-state index in [2.05, 4.69) is 5.32 Å². The van der Waals surface area contributed by atoms with Gasteiger partial charge in [-0.15, -0.1) is 12.4 Å². The van der Waals surface area contributed by atoms with E-state index in [-0.39, 0.29) is 18.3 Å². The fourth-order valence-corrected chi connectivity index (χ4v) is 5.21. The van der Waals surface area contributed by atoms with E-state index in [9.17, 15) is 13.2 Å². The molecule has 3 N–H and O–H groups in total. The summed E-state index contributed by atoms with van der Waals surface area (Å²) in [5.41, 5.74) is 6.16. The Morgan fingerprint density at radius 3 is 2.29 bits per heavy atom. The van der Waals surface area contributed by atoms with Gasteiger partial charge in [-0.1, -0.05) is 18.6 Å². The lowest BCUT2D eigenvalue weighted by Gasteiger charge is -2.34. The zero-order chi connectivity index (χ0) is 19.3. The maximum absolute atomic E-state index is 12.7. The third-order valence-electron chi connectivity index (χ3n) is 5.65. The topological polar surface area (TPSA) is 102 Å². The summed E-state index contributed by atoms with van der Waals surface area (Å²) in [6, 6.07) is 6.77. The van der Waals surface area contributed by atoms with Gasteiger partial charge in [0.25, 0.3) is 0 Å². The highest BCUT2D eigenvalue weighted by Crippen LogP contribution is 2.29. The molecular weight excluding hydrogens is 402 g/mol. The molecule has 3 rings (SSSR count). The van der Waals surface area contributed by atoms with Gasteiger partial charge >= 0.3 is 0 Å². The molecule has 28 heavy (non-hydrogen) atoms. The number of nitrogens with one attached hydrogen (secondary N) is 1.